The Morgan fingerprint density at radius 1 is 1.44 bits per heavy atom. The zero-order chi connectivity index (χ0) is 12.6. The summed E-state index contributed by atoms with van der Waals surface area (Å²) in [5, 5.41) is 8.92. The van der Waals surface area contributed by atoms with Gasteiger partial charge in [0, 0.05) is 41.3 Å². The number of thioether (sulfide) groups is 1. The number of benzene rings is 1. The molecule has 1 aromatic carbocycles. The molecular weight excluding hydrogens is 242 g/mol. The molecule has 2 aliphatic rings. The second kappa shape index (κ2) is 4.40. The molecule has 1 saturated carbocycles. The third-order valence-corrected chi connectivity index (χ3v) is 4.92. The third-order valence-electron chi connectivity index (χ3n) is 3.88. The van der Waals surface area contributed by atoms with Gasteiger partial charge in [0.2, 0.25) is 0 Å². The van der Waals surface area contributed by atoms with Gasteiger partial charge in [0.15, 0.2) is 0 Å². The second-order valence-electron chi connectivity index (χ2n) is 5.33. The lowest BCUT2D eigenvalue weighted by atomic mass is 10.0. The van der Waals surface area contributed by atoms with Crippen LogP contribution in [0.2, 0.25) is 0 Å². The molecule has 94 valence electrons. The molecular formula is C14H17N3S. The maximum atomic E-state index is 8.92. The van der Waals surface area contributed by atoms with Gasteiger partial charge in [-0.2, -0.15) is 5.26 Å². The largest absolute Gasteiger partial charge is 0.399 e. The van der Waals surface area contributed by atoms with Crippen molar-refractivity contribution < 1.29 is 0 Å². The summed E-state index contributed by atoms with van der Waals surface area (Å²) in [5.74, 6) is 1.12. The molecule has 1 fully saturated rings. The Morgan fingerprint density at radius 3 is 3.00 bits per heavy atom. The van der Waals surface area contributed by atoms with E-state index in [2.05, 4.69) is 23.1 Å². The average molecular weight is 259 g/mol. The number of anilines is 2. The minimum atomic E-state index is 0.263. The molecule has 0 bridgehead atoms. The van der Waals surface area contributed by atoms with E-state index in [1.807, 2.05) is 17.8 Å². The highest BCUT2D eigenvalue weighted by Crippen LogP contribution is 2.50. The Kier molecular flexibility index (Phi) is 2.87. The lowest BCUT2D eigenvalue weighted by Gasteiger charge is -2.33. The maximum Gasteiger partial charge on any atom is 0.0628 e. The summed E-state index contributed by atoms with van der Waals surface area (Å²) in [7, 11) is 0. The normalized spacial score (nSPS) is 20.1. The zero-order valence-corrected chi connectivity index (χ0v) is 11.2. The van der Waals surface area contributed by atoms with Crippen molar-refractivity contribution in [3.63, 3.8) is 0 Å². The Hall–Kier alpha value is -1.34. The van der Waals surface area contributed by atoms with Crippen molar-refractivity contribution in [3.8, 4) is 6.07 Å². The minimum absolute atomic E-state index is 0.263. The van der Waals surface area contributed by atoms with Crippen molar-refractivity contribution in [3.05, 3.63) is 18.2 Å². The van der Waals surface area contributed by atoms with Crippen molar-refractivity contribution in [1.29, 1.82) is 5.26 Å². The van der Waals surface area contributed by atoms with Crippen LogP contribution in [0, 0.1) is 16.7 Å². The molecule has 0 atom stereocenters. The predicted octanol–water partition coefficient (Wildman–Crippen LogP) is 2.87. The Balaban J connectivity index is 1.83. The van der Waals surface area contributed by atoms with Crippen LogP contribution in [0.3, 0.4) is 0 Å². The van der Waals surface area contributed by atoms with Crippen LogP contribution in [0.5, 0.6) is 0 Å². The van der Waals surface area contributed by atoms with Gasteiger partial charge in [-0.25, -0.2) is 0 Å². The molecule has 18 heavy (non-hydrogen) atoms. The van der Waals surface area contributed by atoms with Crippen molar-refractivity contribution in [1.82, 2.24) is 0 Å². The van der Waals surface area contributed by atoms with E-state index in [0.29, 0.717) is 6.42 Å². The van der Waals surface area contributed by atoms with Crippen LogP contribution < -0.4 is 10.6 Å². The fourth-order valence-electron chi connectivity index (χ4n) is 2.59. The summed E-state index contributed by atoms with van der Waals surface area (Å²) in [6, 6.07) is 8.50. The molecule has 1 aliphatic heterocycles. The molecule has 3 nitrogen and oxygen atoms in total. The minimum Gasteiger partial charge on any atom is -0.399 e. The highest BCUT2D eigenvalue weighted by molar-refractivity contribution is 7.99. The Bertz CT molecular complexity index is 502. The van der Waals surface area contributed by atoms with Gasteiger partial charge in [0.1, 0.15) is 0 Å². The molecule has 3 rings (SSSR count). The molecule has 0 unspecified atom stereocenters. The number of nitriles is 1. The summed E-state index contributed by atoms with van der Waals surface area (Å²) >= 11 is 1.90. The first-order chi connectivity index (χ1) is 8.72. The van der Waals surface area contributed by atoms with Crippen molar-refractivity contribution in [2.75, 3.05) is 29.5 Å². The molecule has 1 aromatic rings. The number of hydrogen-bond acceptors (Lipinski definition) is 4. The smallest absolute Gasteiger partial charge is 0.0628 e. The molecule has 0 aromatic heterocycles. The fourth-order valence-corrected chi connectivity index (χ4v) is 3.63. The van der Waals surface area contributed by atoms with Crippen molar-refractivity contribution in [2.45, 2.75) is 24.2 Å². The highest BCUT2D eigenvalue weighted by Gasteiger charge is 2.44. The molecule has 4 heteroatoms. The van der Waals surface area contributed by atoms with Crippen molar-refractivity contribution >= 4 is 23.1 Å². The summed E-state index contributed by atoms with van der Waals surface area (Å²) in [5.41, 5.74) is 8.24. The van der Waals surface area contributed by atoms with E-state index in [1.54, 1.807) is 0 Å². The van der Waals surface area contributed by atoms with Gasteiger partial charge in [0.05, 0.1) is 11.8 Å². The SMILES string of the molecule is N#CCC1(CN2CCSc3ccc(N)cc32)CC1. The van der Waals surface area contributed by atoms with E-state index in [-0.39, 0.29) is 5.41 Å². The molecule has 1 heterocycles. The monoisotopic (exact) mass is 259 g/mol. The first-order valence-electron chi connectivity index (χ1n) is 6.37. The van der Waals surface area contributed by atoms with E-state index >= 15 is 0 Å². The van der Waals surface area contributed by atoms with Gasteiger partial charge in [0.25, 0.3) is 0 Å². The quantitative estimate of drug-likeness (QED) is 0.848. The van der Waals surface area contributed by atoms with Crippen LogP contribution >= 0.6 is 11.8 Å². The first-order valence-corrected chi connectivity index (χ1v) is 7.35. The van der Waals surface area contributed by atoms with Crippen LogP contribution in [0.15, 0.2) is 23.1 Å². The van der Waals surface area contributed by atoms with Crippen LogP contribution in [-0.4, -0.2) is 18.8 Å². The van der Waals surface area contributed by atoms with Gasteiger partial charge in [-0.1, -0.05) is 0 Å². The summed E-state index contributed by atoms with van der Waals surface area (Å²) in [4.78, 5) is 3.75. The number of nitrogen functional groups attached to an aromatic ring is 1. The van der Waals surface area contributed by atoms with Gasteiger partial charge in [-0.3, -0.25) is 0 Å². The molecule has 0 radical (unpaired) electrons. The molecule has 0 saturated heterocycles. The van der Waals surface area contributed by atoms with E-state index in [0.717, 1.165) is 24.5 Å². The summed E-state index contributed by atoms with van der Waals surface area (Å²) in [6.07, 6.45) is 3.08. The fraction of sp³-hybridized carbons (Fsp3) is 0.500. The second-order valence-corrected chi connectivity index (χ2v) is 6.47. The number of hydrogen-bond donors (Lipinski definition) is 1. The van der Waals surface area contributed by atoms with Gasteiger partial charge < -0.3 is 10.6 Å². The number of fused-ring (bicyclic) bond motifs is 1. The zero-order valence-electron chi connectivity index (χ0n) is 10.4. The summed E-state index contributed by atoms with van der Waals surface area (Å²) < 4.78 is 0. The predicted molar refractivity (Wildman–Crippen MR) is 75.7 cm³/mol. The van der Waals surface area contributed by atoms with Crippen LogP contribution in [0.25, 0.3) is 0 Å². The summed E-state index contributed by atoms with van der Waals surface area (Å²) in [6.45, 7) is 2.08. The number of nitrogens with zero attached hydrogens (tertiary/aromatic N) is 2. The Labute approximate surface area is 112 Å². The topological polar surface area (TPSA) is 53.0 Å². The van der Waals surface area contributed by atoms with Crippen LogP contribution in [0.1, 0.15) is 19.3 Å². The molecule has 0 spiro atoms. The maximum absolute atomic E-state index is 8.92. The lowest BCUT2D eigenvalue weighted by Crippen LogP contribution is -2.34. The Morgan fingerprint density at radius 2 is 2.28 bits per heavy atom. The number of nitrogens with two attached hydrogens (primary N) is 1. The van der Waals surface area contributed by atoms with Crippen molar-refractivity contribution in [2.24, 2.45) is 5.41 Å². The van der Waals surface area contributed by atoms with E-state index in [1.165, 1.54) is 23.4 Å². The molecule has 2 N–H and O–H groups in total. The van der Waals surface area contributed by atoms with E-state index < -0.39 is 0 Å². The average Bonchev–Trinajstić information content (AvgIpc) is 3.10. The highest BCUT2D eigenvalue weighted by atomic mass is 32.2. The first kappa shape index (κ1) is 11.7. The molecule has 1 aliphatic carbocycles. The van der Waals surface area contributed by atoms with Gasteiger partial charge in [-0.15, -0.1) is 11.8 Å². The standard InChI is InChI=1S/C14H17N3S/c15-6-5-14(3-4-14)10-17-7-8-18-13-2-1-11(16)9-12(13)17/h1-2,9H,3-5,7-8,10,16H2. The van der Waals surface area contributed by atoms with Crippen LogP contribution in [-0.2, 0) is 0 Å². The van der Waals surface area contributed by atoms with Crippen LogP contribution in [0.4, 0.5) is 11.4 Å². The van der Waals surface area contributed by atoms with E-state index in [4.69, 9.17) is 11.0 Å². The number of rotatable bonds is 3. The van der Waals surface area contributed by atoms with E-state index in [9.17, 15) is 0 Å². The third kappa shape index (κ3) is 2.15. The van der Waals surface area contributed by atoms with Gasteiger partial charge >= 0.3 is 0 Å². The molecule has 0 amide bonds. The van der Waals surface area contributed by atoms with Gasteiger partial charge in [-0.05, 0) is 31.0 Å². The lowest BCUT2D eigenvalue weighted by molar-refractivity contribution is 0.511.